The number of aliphatic hydroxyl groups excluding tert-OH is 1. The average molecular weight is 615 g/mol. The van der Waals surface area contributed by atoms with Crippen molar-refractivity contribution >= 4 is 34.4 Å². The molecule has 5 N–H and O–H groups in total. The van der Waals surface area contributed by atoms with E-state index in [9.17, 15) is 40.6 Å². The summed E-state index contributed by atoms with van der Waals surface area (Å²) >= 11 is 0. The number of imidazole rings is 1. The van der Waals surface area contributed by atoms with Crippen molar-refractivity contribution < 1.29 is 55.1 Å². The van der Waals surface area contributed by atoms with E-state index in [2.05, 4.69) is 20.6 Å². The quantitative estimate of drug-likeness (QED) is 0.210. The fraction of sp³-hybridized carbons (Fsp3) is 0.125. The van der Waals surface area contributed by atoms with Crippen molar-refractivity contribution in [3.63, 3.8) is 0 Å². The second kappa shape index (κ2) is 11.4. The number of amides is 1. The molecule has 19 heteroatoms. The van der Waals surface area contributed by atoms with Gasteiger partial charge in [0, 0.05) is 30.2 Å². The van der Waals surface area contributed by atoms with Crippen LogP contribution in [0.2, 0.25) is 0 Å². The number of hydrogen-bond acceptors (Lipinski definition) is 8. The number of nitrogens with two attached hydrogens (primary N) is 1. The average Bonchev–Trinajstić information content (AvgIpc) is 3.68. The van der Waals surface area contributed by atoms with Crippen LogP contribution in [-0.4, -0.2) is 52.8 Å². The lowest BCUT2D eigenvalue weighted by atomic mass is 10.2. The zero-order valence-corrected chi connectivity index (χ0v) is 21.0. The molecule has 0 spiro atoms. The minimum absolute atomic E-state index is 0.00506. The fourth-order valence-electron chi connectivity index (χ4n) is 3.58. The summed E-state index contributed by atoms with van der Waals surface area (Å²) in [5.41, 5.74) is 4.30. The van der Waals surface area contributed by atoms with Gasteiger partial charge in [0.2, 0.25) is 0 Å². The van der Waals surface area contributed by atoms with E-state index < -0.39 is 41.4 Å². The van der Waals surface area contributed by atoms with Crippen LogP contribution >= 0.6 is 0 Å². The number of halogens is 7. The number of nitrogens with one attached hydrogen (secondary N) is 1. The molecule has 0 fully saturated rings. The third-order valence-electron chi connectivity index (χ3n) is 5.54. The number of hydrogen-bond donors (Lipinski definition) is 4. The number of nitrogens with zero attached hydrogens (tertiary/aromatic N) is 5. The number of rotatable bonds is 5. The van der Waals surface area contributed by atoms with Gasteiger partial charge in [-0.2, -0.15) is 31.4 Å². The number of aromatic nitrogens is 5. The summed E-state index contributed by atoms with van der Waals surface area (Å²) in [5, 5.41) is 26.2. The van der Waals surface area contributed by atoms with E-state index in [4.69, 9.17) is 20.2 Å². The number of aliphatic hydroxyl groups is 1. The molecule has 3 aromatic heterocycles. The van der Waals surface area contributed by atoms with Crippen LogP contribution in [0.15, 0.2) is 59.4 Å². The Hall–Kier alpha value is -5.46. The summed E-state index contributed by atoms with van der Waals surface area (Å²) in [4.78, 5) is 25.8. The largest absolute Gasteiger partial charge is 0.490 e. The summed E-state index contributed by atoms with van der Waals surface area (Å²) in [6.07, 6.45) is -7.00. The van der Waals surface area contributed by atoms with Gasteiger partial charge in [-0.1, -0.05) is 5.16 Å². The van der Waals surface area contributed by atoms with E-state index in [0.717, 1.165) is 10.7 Å². The highest BCUT2D eigenvalue weighted by Crippen LogP contribution is 2.31. The number of aliphatic carboxylic acids is 1. The Morgan fingerprint density at radius 3 is 2.30 bits per heavy atom. The molecule has 0 aliphatic rings. The number of fused-ring (bicyclic) bond motifs is 1. The van der Waals surface area contributed by atoms with E-state index in [1.807, 2.05) is 0 Å². The van der Waals surface area contributed by atoms with Crippen molar-refractivity contribution in [3.05, 3.63) is 77.9 Å². The smallest absolute Gasteiger partial charge is 0.475 e. The summed E-state index contributed by atoms with van der Waals surface area (Å²) in [6, 6.07) is 8.47. The van der Waals surface area contributed by atoms with Gasteiger partial charge < -0.3 is 30.4 Å². The standard InChI is InChI=1S/C22H15F4N7O3.C2HF3O2/c23-14-8-11(32-6-5-28-19(32)10-34)1-3-15(14)29-21(35)16-9-18(22(24,25)26)30-33(16)12-2-4-17-13(7-12)20(27)31-36-17;3-2(4,5)1(6)7/h1-9,34H,10H2,(H2,27,31)(H,29,35);(H,6,7). The molecule has 0 aliphatic heterocycles. The van der Waals surface area contributed by atoms with E-state index in [1.165, 1.54) is 47.3 Å². The Kier molecular flexibility index (Phi) is 8.11. The molecular formula is C24H16F7N7O5. The maximum Gasteiger partial charge on any atom is 0.490 e. The van der Waals surface area contributed by atoms with Gasteiger partial charge in [0.25, 0.3) is 5.91 Å². The molecule has 12 nitrogen and oxygen atoms in total. The molecule has 5 rings (SSSR count). The number of carbonyl (C=O) groups excluding carboxylic acids is 1. The molecule has 5 aromatic rings. The molecule has 2 aromatic carbocycles. The molecule has 0 unspecified atom stereocenters. The van der Waals surface area contributed by atoms with Gasteiger partial charge in [0.05, 0.1) is 16.8 Å². The molecule has 43 heavy (non-hydrogen) atoms. The molecule has 3 heterocycles. The molecule has 1 amide bonds. The van der Waals surface area contributed by atoms with Crippen LogP contribution in [0.1, 0.15) is 22.0 Å². The van der Waals surface area contributed by atoms with E-state index in [0.29, 0.717) is 17.1 Å². The van der Waals surface area contributed by atoms with Crippen molar-refractivity contribution in [2.24, 2.45) is 0 Å². The van der Waals surface area contributed by atoms with Crippen LogP contribution < -0.4 is 11.1 Å². The van der Waals surface area contributed by atoms with Crippen LogP contribution in [0.3, 0.4) is 0 Å². The molecular weight excluding hydrogens is 599 g/mol. The molecule has 0 saturated carbocycles. The van der Waals surface area contributed by atoms with E-state index >= 15 is 0 Å². The minimum Gasteiger partial charge on any atom is -0.475 e. The first-order valence-corrected chi connectivity index (χ1v) is 11.5. The van der Waals surface area contributed by atoms with E-state index in [1.54, 1.807) is 0 Å². The van der Waals surface area contributed by atoms with Crippen LogP contribution in [0.5, 0.6) is 0 Å². The van der Waals surface area contributed by atoms with E-state index in [-0.39, 0.29) is 35.2 Å². The summed E-state index contributed by atoms with van der Waals surface area (Å²) in [5.74, 6) is -4.39. The van der Waals surface area contributed by atoms with Crippen LogP contribution in [0.25, 0.3) is 22.3 Å². The Morgan fingerprint density at radius 1 is 1.02 bits per heavy atom. The number of carboxylic acids is 1. The van der Waals surface area contributed by atoms with Crippen molar-refractivity contribution in [1.29, 1.82) is 0 Å². The lowest BCUT2D eigenvalue weighted by Crippen LogP contribution is -2.21. The number of carboxylic acid groups (broad SMARTS) is 1. The first kappa shape index (κ1) is 30.5. The predicted molar refractivity (Wildman–Crippen MR) is 132 cm³/mol. The monoisotopic (exact) mass is 615 g/mol. The summed E-state index contributed by atoms with van der Waals surface area (Å²) in [7, 11) is 0. The van der Waals surface area contributed by atoms with Crippen molar-refractivity contribution in [2.75, 3.05) is 11.1 Å². The van der Waals surface area contributed by atoms with Crippen LogP contribution in [0.4, 0.5) is 42.2 Å². The number of benzene rings is 2. The number of carbonyl (C=O) groups is 2. The Labute approximate surface area is 233 Å². The highest BCUT2D eigenvalue weighted by atomic mass is 19.4. The van der Waals surface area contributed by atoms with Gasteiger partial charge in [-0.15, -0.1) is 0 Å². The zero-order valence-electron chi connectivity index (χ0n) is 21.0. The SMILES string of the molecule is Nc1noc2ccc(-n3nc(C(F)(F)F)cc3C(=O)Nc3ccc(-n4ccnc4CO)cc3F)cc12.O=C(O)C(F)(F)F. The first-order valence-electron chi connectivity index (χ1n) is 11.5. The summed E-state index contributed by atoms with van der Waals surface area (Å²) in [6.45, 7) is -0.384. The van der Waals surface area contributed by atoms with Gasteiger partial charge in [-0.05, 0) is 30.3 Å². The van der Waals surface area contributed by atoms with Gasteiger partial charge in [-0.25, -0.2) is 18.9 Å². The van der Waals surface area contributed by atoms with Gasteiger partial charge >= 0.3 is 18.3 Å². The lowest BCUT2D eigenvalue weighted by molar-refractivity contribution is -0.192. The molecule has 0 saturated heterocycles. The second-order valence-electron chi connectivity index (χ2n) is 8.37. The maximum atomic E-state index is 14.8. The molecule has 226 valence electrons. The first-order chi connectivity index (χ1) is 20.1. The third-order valence-corrected chi connectivity index (χ3v) is 5.54. The fourth-order valence-corrected chi connectivity index (χ4v) is 3.58. The predicted octanol–water partition coefficient (Wildman–Crippen LogP) is 4.32. The Bertz CT molecular complexity index is 1810. The molecule has 0 radical (unpaired) electrons. The number of nitrogen functional groups attached to an aromatic ring is 1. The maximum absolute atomic E-state index is 14.8. The number of alkyl halides is 6. The lowest BCUT2D eigenvalue weighted by Gasteiger charge is -2.11. The highest BCUT2D eigenvalue weighted by Gasteiger charge is 2.38. The normalized spacial score (nSPS) is 11.7. The Balaban J connectivity index is 0.000000541. The topological polar surface area (TPSA) is 174 Å². The third kappa shape index (κ3) is 6.56. The minimum atomic E-state index is -5.08. The summed E-state index contributed by atoms with van der Waals surface area (Å²) < 4.78 is 94.0. The van der Waals surface area contributed by atoms with Crippen molar-refractivity contribution in [3.8, 4) is 11.4 Å². The molecule has 0 aliphatic carbocycles. The van der Waals surface area contributed by atoms with Crippen LogP contribution in [-0.2, 0) is 17.6 Å². The highest BCUT2D eigenvalue weighted by molar-refractivity contribution is 6.04. The Morgan fingerprint density at radius 2 is 1.70 bits per heavy atom. The molecule has 0 bridgehead atoms. The van der Waals surface area contributed by atoms with Gasteiger partial charge in [0.15, 0.2) is 17.1 Å². The molecule has 0 atom stereocenters. The van der Waals surface area contributed by atoms with Crippen LogP contribution in [0, 0.1) is 5.82 Å². The zero-order chi connectivity index (χ0) is 31.7. The van der Waals surface area contributed by atoms with Crippen molar-refractivity contribution in [2.45, 2.75) is 19.0 Å². The van der Waals surface area contributed by atoms with Crippen molar-refractivity contribution in [1.82, 2.24) is 24.5 Å². The van der Waals surface area contributed by atoms with Gasteiger partial charge in [-0.3, -0.25) is 4.79 Å². The second-order valence-corrected chi connectivity index (χ2v) is 8.37. The van der Waals surface area contributed by atoms with Gasteiger partial charge in [0.1, 0.15) is 23.9 Å². The number of anilines is 2.